The molecule has 0 saturated carbocycles. The van der Waals surface area contributed by atoms with Crippen LogP contribution in [0.2, 0.25) is 0 Å². The van der Waals surface area contributed by atoms with Gasteiger partial charge in [0.15, 0.2) is 0 Å². The highest BCUT2D eigenvalue weighted by Crippen LogP contribution is 2.26. The molecule has 29 heavy (non-hydrogen) atoms. The fourth-order valence-corrected chi connectivity index (χ4v) is 6.03. The molecule has 0 bridgehead atoms. The van der Waals surface area contributed by atoms with Gasteiger partial charge in [0, 0.05) is 24.3 Å². The zero-order valence-electron chi connectivity index (χ0n) is 15.8. The summed E-state index contributed by atoms with van der Waals surface area (Å²) >= 11 is 1.68. The van der Waals surface area contributed by atoms with Crippen LogP contribution in [0.3, 0.4) is 0 Å². The highest BCUT2D eigenvalue weighted by molar-refractivity contribution is 7.89. The predicted octanol–water partition coefficient (Wildman–Crippen LogP) is 2.89. The van der Waals surface area contributed by atoms with Crippen LogP contribution in [0.1, 0.15) is 15.9 Å². The number of thiophene rings is 1. The molecule has 1 saturated heterocycles. The molecule has 1 aliphatic heterocycles. The van der Waals surface area contributed by atoms with Crippen LogP contribution in [0.4, 0.5) is 0 Å². The second kappa shape index (κ2) is 8.62. The van der Waals surface area contributed by atoms with Crippen LogP contribution >= 0.6 is 11.3 Å². The monoisotopic (exact) mass is 430 g/mol. The van der Waals surface area contributed by atoms with E-state index in [1.165, 1.54) is 26.0 Å². The molecule has 0 radical (unpaired) electrons. The summed E-state index contributed by atoms with van der Waals surface area (Å²) < 4.78 is 33.9. The molecule has 1 N–H and O–H groups in total. The summed E-state index contributed by atoms with van der Waals surface area (Å²) in [5, 5.41) is 6.18. The van der Waals surface area contributed by atoms with E-state index in [1.807, 2.05) is 12.1 Å². The van der Waals surface area contributed by atoms with Crippen molar-refractivity contribution in [3.05, 3.63) is 65.0 Å². The number of rotatable bonds is 6. The maximum Gasteiger partial charge on any atom is 0.252 e. The number of hydrogen-bond donors (Lipinski definition) is 1. The zero-order chi connectivity index (χ0) is 20.3. The Kier molecular flexibility index (Phi) is 5.96. The SMILES string of the molecule is O=C(NCCc1csc2ccccc12)c1ccccc1S(=O)(=O)N1CCOCC1. The summed E-state index contributed by atoms with van der Waals surface area (Å²) in [7, 11) is -3.74. The first-order chi connectivity index (χ1) is 14.1. The van der Waals surface area contributed by atoms with E-state index in [4.69, 9.17) is 4.74 Å². The van der Waals surface area contributed by atoms with Crippen LogP contribution in [0.25, 0.3) is 10.1 Å². The number of hydrogen-bond acceptors (Lipinski definition) is 5. The maximum atomic E-state index is 13.0. The van der Waals surface area contributed by atoms with Crippen molar-refractivity contribution in [2.75, 3.05) is 32.8 Å². The summed E-state index contributed by atoms with van der Waals surface area (Å²) in [6.45, 7) is 1.75. The highest BCUT2D eigenvalue weighted by atomic mass is 32.2. The largest absolute Gasteiger partial charge is 0.379 e. The Bertz CT molecular complexity index is 1120. The zero-order valence-corrected chi connectivity index (χ0v) is 17.5. The molecule has 1 aliphatic rings. The summed E-state index contributed by atoms with van der Waals surface area (Å²) in [5.41, 5.74) is 1.36. The van der Waals surface area contributed by atoms with Crippen molar-refractivity contribution in [2.24, 2.45) is 0 Å². The number of nitrogens with one attached hydrogen (secondary N) is 1. The normalized spacial score (nSPS) is 15.4. The van der Waals surface area contributed by atoms with Gasteiger partial charge >= 0.3 is 0 Å². The van der Waals surface area contributed by atoms with Gasteiger partial charge in [-0.3, -0.25) is 4.79 Å². The molecule has 0 atom stereocenters. The summed E-state index contributed by atoms with van der Waals surface area (Å²) in [6.07, 6.45) is 0.689. The number of benzene rings is 2. The minimum absolute atomic E-state index is 0.0420. The van der Waals surface area contributed by atoms with Gasteiger partial charge in [0.2, 0.25) is 10.0 Å². The van der Waals surface area contributed by atoms with Crippen molar-refractivity contribution < 1.29 is 17.9 Å². The third-order valence-electron chi connectivity index (χ3n) is 4.96. The Morgan fingerprint density at radius 3 is 2.62 bits per heavy atom. The van der Waals surface area contributed by atoms with Gasteiger partial charge in [0.1, 0.15) is 0 Å². The molecule has 8 heteroatoms. The first-order valence-electron chi connectivity index (χ1n) is 9.47. The lowest BCUT2D eigenvalue weighted by atomic mass is 10.1. The smallest absolute Gasteiger partial charge is 0.252 e. The molecule has 0 aliphatic carbocycles. The van der Waals surface area contributed by atoms with E-state index in [0.29, 0.717) is 39.3 Å². The lowest BCUT2D eigenvalue weighted by molar-refractivity contribution is 0.0730. The van der Waals surface area contributed by atoms with Crippen molar-refractivity contribution in [2.45, 2.75) is 11.3 Å². The van der Waals surface area contributed by atoms with Crippen molar-refractivity contribution >= 4 is 37.4 Å². The minimum atomic E-state index is -3.74. The van der Waals surface area contributed by atoms with E-state index in [2.05, 4.69) is 22.8 Å². The summed E-state index contributed by atoms with van der Waals surface area (Å²) in [4.78, 5) is 12.8. The average Bonchev–Trinajstić information content (AvgIpc) is 3.17. The van der Waals surface area contributed by atoms with Crippen LogP contribution in [-0.4, -0.2) is 51.5 Å². The van der Waals surface area contributed by atoms with E-state index in [1.54, 1.807) is 29.5 Å². The molecule has 1 fully saturated rings. The molecule has 2 aromatic carbocycles. The van der Waals surface area contributed by atoms with E-state index >= 15 is 0 Å². The molecular weight excluding hydrogens is 408 g/mol. The molecule has 1 aromatic heterocycles. The van der Waals surface area contributed by atoms with E-state index in [0.717, 1.165) is 0 Å². The van der Waals surface area contributed by atoms with Crippen molar-refractivity contribution in [1.29, 1.82) is 0 Å². The summed E-state index contributed by atoms with van der Waals surface area (Å²) in [5.74, 6) is -0.378. The molecule has 0 spiro atoms. The molecule has 6 nitrogen and oxygen atoms in total. The Balaban J connectivity index is 1.48. The van der Waals surface area contributed by atoms with Crippen LogP contribution < -0.4 is 5.32 Å². The van der Waals surface area contributed by atoms with E-state index in [9.17, 15) is 13.2 Å². The number of sulfonamides is 1. The third kappa shape index (κ3) is 4.20. The van der Waals surface area contributed by atoms with Crippen LogP contribution in [-0.2, 0) is 21.2 Å². The third-order valence-corrected chi connectivity index (χ3v) is 7.93. The van der Waals surface area contributed by atoms with Gasteiger partial charge < -0.3 is 10.1 Å². The lowest BCUT2D eigenvalue weighted by Gasteiger charge is -2.26. The van der Waals surface area contributed by atoms with Gasteiger partial charge in [0.25, 0.3) is 5.91 Å². The lowest BCUT2D eigenvalue weighted by Crippen LogP contribution is -2.41. The van der Waals surface area contributed by atoms with Gasteiger partial charge in [-0.15, -0.1) is 11.3 Å². The van der Waals surface area contributed by atoms with Crippen LogP contribution in [0, 0.1) is 0 Å². The molecule has 4 rings (SSSR count). The fourth-order valence-electron chi connectivity index (χ4n) is 3.44. The predicted molar refractivity (Wildman–Crippen MR) is 114 cm³/mol. The Morgan fingerprint density at radius 2 is 1.79 bits per heavy atom. The second-order valence-electron chi connectivity index (χ2n) is 6.78. The molecule has 2 heterocycles. The standard InChI is InChI=1S/C21H22N2O4S2/c24-21(22-10-9-16-15-28-19-7-3-1-5-17(16)19)18-6-2-4-8-20(18)29(25,26)23-11-13-27-14-12-23/h1-8,15H,9-14H2,(H,22,24). The average molecular weight is 431 g/mol. The topological polar surface area (TPSA) is 75.7 Å². The minimum Gasteiger partial charge on any atom is -0.379 e. The van der Waals surface area contributed by atoms with Crippen molar-refractivity contribution in [3.8, 4) is 0 Å². The van der Waals surface area contributed by atoms with Crippen LogP contribution in [0.5, 0.6) is 0 Å². The molecule has 0 unspecified atom stereocenters. The maximum absolute atomic E-state index is 13.0. The number of fused-ring (bicyclic) bond motifs is 1. The fraction of sp³-hybridized carbons (Fsp3) is 0.286. The summed E-state index contributed by atoms with van der Waals surface area (Å²) in [6, 6.07) is 14.5. The van der Waals surface area contributed by atoms with Gasteiger partial charge in [-0.05, 0) is 40.9 Å². The van der Waals surface area contributed by atoms with Gasteiger partial charge in [-0.25, -0.2) is 8.42 Å². The van der Waals surface area contributed by atoms with E-state index < -0.39 is 10.0 Å². The number of morpholine rings is 1. The first-order valence-corrected chi connectivity index (χ1v) is 11.8. The van der Waals surface area contributed by atoms with Gasteiger partial charge in [-0.2, -0.15) is 4.31 Å². The first kappa shape index (κ1) is 20.0. The Labute approximate surface area is 174 Å². The number of carbonyl (C=O) groups is 1. The van der Waals surface area contributed by atoms with E-state index in [-0.39, 0.29) is 16.4 Å². The molecule has 1 amide bonds. The van der Waals surface area contributed by atoms with Crippen molar-refractivity contribution in [3.63, 3.8) is 0 Å². The molecular formula is C21H22N2O4S2. The quantitative estimate of drug-likeness (QED) is 0.653. The highest BCUT2D eigenvalue weighted by Gasteiger charge is 2.29. The molecule has 152 valence electrons. The number of nitrogens with zero attached hydrogens (tertiary/aromatic N) is 1. The van der Waals surface area contributed by atoms with Crippen molar-refractivity contribution in [1.82, 2.24) is 9.62 Å². The Morgan fingerprint density at radius 1 is 1.07 bits per heavy atom. The number of ether oxygens (including phenoxy) is 1. The number of carbonyl (C=O) groups excluding carboxylic acids is 1. The Hall–Kier alpha value is -2.26. The van der Waals surface area contributed by atoms with Gasteiger partial charge in [0.05, 0.1) is 23.7 Å². The van der Waals surface area contributed by atoms with Gasteiger partial charge in [-0.1, -0.05) is 30.3 Å². The number of amides is 1. The molecule has 3 aromatic rings. The van der Waals surface area contributed by atoms with Crippen LogP contribution in [0.15, 0.2) is 58.8 Å². The second-order valence-corrected chi connectivity index (χ2v) is 9.59.